The number of nitrogens with zero attached hydrogens (tertiary/aromatic N) is 2. The molecule has 1 aromatic heterocycles. The summed E-state index contributed by atoms with van der Waals surface area (Å²) < 4.78 is 3.17. The fourth-order valence-corrected chi connectivity index (χ4v) is 4.48. The van der Waals surface area contributed by atoms with Crippen LogP contribution in [0.4, 0.5) is 0 Å². The average Bonchev–Trinajstić information content (AvgIpc) is 2.92. The summed E-state index contributed by atoms with van der Waals surface area (Å²) in [7, 11) is 0. The van der Waals surface area contributed by atoms with Gasteiger partial charge >= 0.3 is 0 Å². The monoisotopic (exact) mass is 404 g/mol. The first-order chi connectivity index (χ1) is 12.5. The predicted molar refractivity (Wildman–Crippen MR) is 113 cm³/mol. The molecule has 0 saturated heterocycles. The van der Waals surface area contributed by atoms with E-state index in [1.54, 1.807) is 11.8 Å². The number of thioether (sulfide) groups is 1. The first-order valence-electron chi connectivity index (χ1n) is 8.39. The molecule has 1 heterocycles. The summed E-state index contributed by atoms with van der Waals surface area (Å²) in [6.07, 6.45) is 2.40. The molecular formula is C20H21ClN2OS2. The molecule has 0 spiro atoms. The second-order valence-electron chi connectivity index (χ2n) is 6.24. The number of fused-ring (bicyclic) bond motifs is 1. The molecule has 0 radical (unpaired) electrons. The normalized spacial score (nSPS) is 12.1. The molecule has 3 rings (SSSR count). The lowest BCUT2D eigenvalue weighted by molar-refractivity contribution is -0.117. The van der Waals surface area contributed by atoms with Crippen LogP contribution in [-0.4, -0.2) is 22.5 Å². The van der Waals surface area contributed by atoms with Crippen LogP contribution in [0, 0.1) is 13.8 Å². The Bertz CT molecular complexity index is 1020. The molecule has 0 N–H and O–H groups in total. The second kappa shape index (κ2) is 8.42. The molecule has 26 heavy (non-hydrogen) atoms. The Morgan fingerprint density at radius 1 is 1.19 bits per heavy atom. The summed E-state index contributed by atoms with van der Waals surface area (Å²) >= 11 is 9.41. The van der Waals surface area contributed by atoms with E-state index in [0.717, 1.165) is 32.9 Å². The number of aromatic nitrogens is 1. The quantitative estimate of drug-likeness (QED) is 0.599. The SMILES string of the molecule is CSCCn1c(=NC(=O)Cc2ccc(C)c(C)c2)sc2cc(Cl)ccc21. The van der Waals surface area contributed by atoms with Gasteiger partial charge in [0, 0.05) is 17.3 Å². The molecule has 0 aliphatic heterocycles. The number of halogens is 1. The van der Waals surface area contributed by atoms with Crippen LogP contribution in [0.2, 0.25) is 5.02 Å². The maximum absolute atomic E-state index is 12.5. The van der Waals surface area contributed by atoms with E-state index < -0.39 is 0 Å². The van der Waals surface area contributed by atoms with Crippen LogP contribution in [-0.2, 0) is 17.8 Å². The van der Waals surface area contributed by atoms with Crippen molar-refractivity contribution < 1.29 is 4.79 Å². The lowest BCUT2D eigenvalue weighted by atomic mass is 10.0. The third kappa shape index (κ3) is 4.40. The van der Waals surface area contributed by atoms with Crippen molar-refractivity contribution in [2.45, 2.75) is 26.8 Å². The molecule has 0 atom stereocenters. The van der Waals surface area contributed by atoms with Crippen molar-refractivity contribution in [3.8, 4) is 0 Å². The summed E-state index contributed by atoms with van der Waals surface area (Å²) in [5.41, 5.74) is 4.50. The summed E-state index contributed by atoms with van der Waals surface area (Å²) in [6.45, 7) is 4.95. The lowest BCUT2D eigenvalue weighted by Gasteiger charge is -2.04. The fraction of sp³-hybridized carbons (Fsp3) is 0.300. The van der Waals surface area contributed by atoms with E-state index in [1.165, 1.54) is 22.5 Å². The Labute approximate surface area is 166 Å². The van der Waals surface area contributed by atoms with Gasteiger partial charge in [-0.3, -0.25) is 4.79 Å². The summed E-state index contributed by atoms with van der Waals surface area (Å²) in [6, 6.07) is 11.9. The van der Waals surface area contributed by atoms with Gasteiger partial charge in [-0.1, -0.05) is 41.1 Å². The Morgan fingerprint density at radius 3 is 2.73 bits per heavy atom. The molecule has 0 unspecified atom stereocenters. The van der Waals surface area contributed by atoms with Gasteiger partial charge in [0.05, 0.1) is 16.6 Å². The van der Waals surface area contributed by atoms with Gasteiger partial charge in [-0.2, -0.15) is 16.8 Å². The Hall–Kier alpha value is -1.56. The minimum atomic E-state index is -0.121. The number of hydrogen-bond acceptors (Lipinski definition) is 3. The van der Waals surface area contributed by atoms with Crippen molar-refractivity contribution in [1.29, 1.82) is 0 Å². The summed E-state index contributed by atoms with van der Waals surface area (Å²) in [4.78, 5) is 17.7. The molecule has 6 heteroatoms. The van der Waals surface area contributed by atoms with E-state index in [2.05, 4.69) is 41.8 Å². The fourth-order valence-electron chi connectivity index (χ4n) is 2.77. The van der Waals surface area contributed by atoms with Gasteiger partial charge in [0.2, 0.25) is 0 Å². The number of amides is 1. The van der Waals surface area contributed by atoms with E-state index >= 15 is 0 Å². The largest absolute Gasteiger partial charge is 0.316 e. The maximum Gasteiger partial charge on any atom is 0.252 e. The summed E-state index contributed by atoms with van der Waals surface area (Å²) in [5, 5.41) is 0.698. The zero-order chi connectivity index (χ0) is 18.7. The van der Waals surface area contributed by atoms with E-state index in [1.807, 2.05) is 24.3 Å². The minimum Gasteiger partial charge on any atom is -0.316 e. The molecule has 3 nitrogen and oxygen atoms in total. The van der Waals surface area contributed by atoms with Gasteiger partial charge in [0.1, 0.15) is 0 Å². The van der Waals surface area contributed by atoms with Crippen LogP contribution in [0.1, 0.15) is 16.7 Å². The predicted octanol–water partition coefficient (Wildman–Crippen LogP) is 5.01. The highest BCUT2D eigenvalue weighted by Crippen LogP contribution is 2.22. The van der Waals surface area contributed by atoms with E-state index in [4.69, 9.17) is 11.6 Å². The van der Waals surface area contributed by atoms with Crippen molar-refractivity contribution in [1.82, 2.24) is 4.57 Å². The van der Waals surface area contributed by atoms with Crippen LogP contribution < -0.4 is 4.80 Å². The summed E-state index contributed by atoms with van der Waals surface area (Å²) in [5.74, 6) is 0.844. The van der Waals surface area contributed by atoms with Crippen LogP contribution in [0.25, 0.3) is 10.2 Å². The molecular weight excluding hydrogens is 384 g/mol. The first-order valence-corrected chi connectivity index (χ1v) is 11.0. The number of rotatable bonds is 5. The van der Waals surface area contributed by atoms with Crippen LogP contribution >= 0.6 is 34.7 Å². The smallest absolute Gasteiger partial charge is 0.252 e. The Morgan fingerprint density at radius 2 is 2.00 bits per heavy atom. The van der Waals surface area contributed by atoms with Gasteiger partial charge < -0.3 is 4.57 Å². The van der Waals surface area contributed by atoms with Crippen molar-refractivity contribution in [3.05, 3.63) is 62.9 Å². The molecule has 0 aliphatic carbocycles. The highest BCUT2D eigenvalue weighted by Gasteiger charge is 2.09. The third-order valence-electron chi connectivity index (χ3n) is 4.31. The molecule has 0 saturated carbocycles. The number of benzene rings is 2. The third-order valence-corrected chi connectivity index (χ3v) is 6.18. The lowest BCUT2D eigenvalue weighted by Crippen LogP contribution is -2.18. The number of thiazole rings is 1. The molecule has 0 fully saturated rings. The molecule has 136 valence electrons. The van der Waals surface area contributed by atoms with Gasteiger partial charge in [-0.15, -0.1) is 0 Å². The van der Waals surface area contributed by atoms with Crippen molar-refractivity contribution in [3.63, 3.8) is 0 Å². The number of carbonyl (C=O) groups excluding carboxylic acids is 1. The van der Waals surface area contributed by atoms with Gasteiger partial charge in [-0.05, 0) is 55.0 Å². The zero-order valence-corrected chi connectivity index (χ0v) is 17.5. The van der Waals surface area contributed by atoms with Crippen LogP contribution in [0.15, 0.2) is 41.4 Å². The maximum atomic E-state index is 12.5. The molecule has 3 aromatic rings. The van der Waals surface area contributed by atoms with Crippen molar-refractivity contribution >= 4 is 50.8 Å². The van der Waals surface area contributed by atoms with E-state index in [9.17, 15) is 4.79 Å². The van der Waals surface area contributed by atoms with E-state index in [-0.39, 0.29) is 5.91 Å². The highest BCUT2D eigenvalue weighted by atomic mass is 35.5. The number of aryl methyl sites for hydroxylation is 3. The number of carbonyl (C=O) groups is 1. The average molecular weight is 405 g/mol. The molecule has 2 aromatic carbocycles. The van der Waals surface area contributed by atoms with Crippen LogP contribution in [0.5, 0.6) is 0 Å². The molecule has 0 bridgehead atoms. The highest BCUT2D eigenvalue weighted by molar-refractivity contribution is 7.98. The zero-order valence-electron chi connectivity index (χ0n) is 15.1. The minimum absolute atomic E-state index is 0.121. The molecule has 1 amide bonds. The van der Waals surface area contributed by atoms with Gasteiger partial charge in [0.25, 0.3) is 5.91 Å². The Balaban J connectivity index is 1.96. The van der Waals surface area contributed by atoms with Gasteiger partial charge in [0.15, 0.2) is 4.80 Å². The Kier molecular flexibility index (Phi) is 6.22. The van der Waals surface area contributed by atoms with E-state index in [0.29, 0.717) is 11.4 Å². The van der Waals surface area contributed by atoms with Gasteiger partial charge in [-0.25, -0.2) is 0 Å². The van der Waals surface area contributed by atoms with Crippen molar-refractivity contribution in [2.24, 2.45) is 4.99 Å². The number of hydrogen-bond donors (Lipinski definition) is 0. The molecule has 0 aliphatic rings. The van der Waals surface area contributed by atoms with Crippen molar-refractivity contribution in [2.75, 3.05) is 12.0 Å². The first kappa shape index (κ1) is 19.2. The topological polar surface area (TPSA) is 34.4 Å². The van der Waals surface area contributed by atoms with Crippen LogP contribution in [0.3, 0.4) is 0 Å². The second-order valence-corrected chi connectivity index (χ2v) is 8.67. The standard InChI is InChI=1S/C20H21ClN2OS2/c1-13-4-5-15(10-14(13)2)11-19(24)22-20-23(8-9-25-3)17-7-6-16(21)12-18(17)26-20/h4-7,10,12H,8-9,11H2,1-3H3.